The fourth-order valence-corrected chi connectivity index (χ4v) is 2.66. The van der Waals surface area contributed by atoms with Gasteiger partial charge in [-0.2, -0.15) is 5.10 Å². The van der Waals surface area contributed by atoms with Crippen molar-refractivity contribution in [2.75, 3.05) is 18.2 Å². The first kappa shape index (κ1) is 17.1. The van der Waals surface area contributed by atoms with E-state index >= 15 is 0 Å². The Bertz CT molecular complexity index is 900. The van der Waals surface area contributed by atoms with Gasteiger partial charge in [-0.3, -0.25) is 4.79 Å². The zero-order chi connectivity index (χ0) is 18.0. The molecule has 3 rings (SSSR count). The number of ether oxygens (including phenoxy) is 1. The van der Waals surface area contributed by atoms with Crippen LogP contribution in [-0.2, 0) is 0 Å². The number of nitrogens with zero attached hydrogens (tertiary/aromatic N) is 2. The van der Waals surface area contributed by atoms with E-state index in [9.17, 15) is 4.79 Å². The Morgan fingerprint density at radius 3 is 2.40 bits per heavy atom. The second kappa shape index (κ2) is 7.04. The number of rotatable bonds is 4. The smallest absolute Gasteiger partial charge is 0.276 e. The van der Waals surface area contributed by atoms with Crippen LogP contribution in [0.3, 0.4) is 0 Å². The highest BCUT2D eigenvalue weighted by Crippen LogP contribution is 2.31. The molecule has 8 heteroatoms. The van der Waals surface area contributed by atoms with Gasteiger partial charge in [-0.1, -0.05) is 23.2 Å². The van der Waals surface area contributed by atoms with Crippen LogP contribution in [0.1, 0.15) is 10.5 Å². The first-order valence-corrected chi connectivity index (χ1v) is 7.99. The van der Waals surface area contributed by atoms with Crippen LogP contribution in [0.4, 0.5) is 11.4 Å². The van der Waals surface area contributed by atoms with Crippen LogP contribution in [0.15, 0.2) is 48.7 Å². The predicted molar refractivity (Wildman–Crippen MR) is 98.9 cm³/mol. The summed E-state index contributed by atoms with van der Waals surface area (Å²) in [5.41, 5.74) is 7.44. The molecule has 0 fully saturated rings. The van der Waals surface area contributed by atoms with E-state index in [4.69, 9.17) is 33.7 Å². The maximum absolute atomic E-state index is 12.3. The summed E-state index contributed by atoms with van der Waals surface area (Å²) in [6.07, 6.45) is 1.69. The largest absolute Gasteiger partial charge is 0.497 e. The number of aromatic nitrogens is 2. The van der Waals surface area contributed by atoms with Gasteiger partial charge in [0.05, 0.1) is 28.5 Å². The Hall–Kier alpha value is -2.70. The summed E-state index contributed by atoms with van der Waals surface area (Å²) >= 11 is 11.9. The number of anilines is 2. The second-order valence-electron chi connectivity index (χ2n) is 5.15. The van der Waals surface area contributed by atoms with Crippen LogP contribution in [-0.4, -0.2) is 22.8 Å². The molecule has 128 valence electrons. The van der Waals surface area contributed by atoms with Crippen molar-refractivity contribution >= 4 is 40.5 Å². The molecule has 0 radical (unpaired) electrons. The molecule has 25 heavy (non-hydrogen) atoms. The van der Waals surface area contributed by atoms with E-state index in [0.29, 0.717) is 5.69 Å². The zero-order valence-corrected chi connectivity index (χ0v) is 14.7. The number of nitrogens with two attached hydrogens (primary N) is 1. The van der Waals surface area contributed by atoms with E-state index in [1.54, 1.807) is 24.1 Å². The third-order valence-corrected chi connectivity index (χ3v) is 4.12. The van der Waals surface area contributed by atoms with E-state index in [2.05, 4.69) is 10.4 Å². The maximum Gasteiger partial charge on any atom is 0.276 e. The molecule has 0 saturated carbocycles. The Morgan fingerprint density at radius 2 is 1.80 bits per heavy atom. The molecule has 1 amide bonds. The molecule has 0 unspecified atom stereocenters. The average Bonchev–Trinajstić information content (AvgIpc) is 3.10. The van der Waals surface area contributed by atoms with Crippen LogP contribution < -0.4 is 15.8 Å². The van der Waals surface area contributed by atoms with Gasteiger partial charge in [0.1, 0.15) is 5.75 Å². The summed E-state index contributed by atoms with van der Waals surface area (Å²) in [6, 6.07) is 12.0. The Balaban J connectivity index is 1.78. The van der Waals surface area contributed by atoms with Crippen molar-refractivity contribution in [3.63, 3.8) is 0 Å². The zero-order valence-electron chi connectivity index (χ0n) is 13.2. The predicted octanol–water partition coefficient (Wildman–Crippen LogP) is 4.02. The molecule has 0 atom stereocenters. The summed E-state index contributed by atoms with van der Waals surface area (Å²) in [6.45, 7) is 0. The molecule has 6 nitrogen and oxygen atoms in total. The minimum Gasteiger partial charge on any atom is -0.497 e. The lowest BCUT2D eigenvalue weighted by Crippen LogP contribution is -2.13. The Kier molecular flexibility index (Phi) is 4.83. The fraction of sp³-hybridized carbons (Fsp3) is 0.0588. The number of carbonyl (C=O) groups is 1. The summed E-state index contributed by atoms with van der Waals surface area (Å²) in [4.78, 5) is 12.3. The van der Waals surface area contributed by atoms with Crippen LogP contribution in [0.25, 0.3) is 5.69 Å². The van der Waals surface area contributed by atoms with Crippen molar-refractivity contribution in [2.24, 2.45) is 0 Å². The van der Waals surface area contributed by atoms with E-state index in [1.807, 2.05) is 24.3 Å². The lowest BCUT2D eigenvalue weighted by Gasteiger charge is -2.07. The second-order valence-corrected chi connectivity index (χ2v) is 5.97. The highest BCUT2D eigenvalue weighted by Gasteiger charge is 2.13. The monoisotopic (exact) mass is 376 g/mol. The molecule has 1 heterocycles. The third kappa shape index (κ3) is 3.70. The molecular weight excluding hydrogens is 363 g/mol. The Labute approximate surface area is 154 Å². The average molecular weight is 377 g/mol. The van der Waals surface area contributed by atoms with Crippen molar-refractivity contribution in [3.05, 3.63) is 64.4 Å². The number of carbonyl (C=O) groups excluding carboxylic acids is 1. The molecular formula is C17H14Cl2N4O2. The van der Waals surface area contributed by atoms with E-state index in [1.165, 1.54) is 12.1 Å². The number of nitrogen functional groups attached to an aromatic ring is 1. The lowest BCUT2D eigenvalue weighted by atomic mass is 10.2. The van der Waals surface area contributed by atoms with Gasteiger partial charge in [0.2, 0.25) is 0 Å². The third-order valence-electron chi connectivity index (χ3n) is 3.50. The first-order chi connectivity index (χ1) is 12.0. The molecule has 0 bridgehead atoms. The van der Waals surface area contributed by atoms with Crippen molar-refractivity contribution in [1.82, 2.24) is 9.78 Å². The number of nitrogens with one attached hydrogen (secondary N) is 1. The fourth-order valence-electron chi connectivity index (χ4n) is 2.18. The number of benzene rings is 2. The van der Waals surface area contributed by atoms with Crippen molar-refractivity contribution in [1.29, 1.82) is 0 Å². The summed E-state index contributed by atoms with van der Waals surface area (Å²) in [5.74, 6) is 0.357. The number of hydrogen-bond donors (Lipinski definition) is 2. The normalized spacial score (nSPS) is 10.5. The summed E-state index contributed by atoms with van der Waals surface area (Å²) in [7, 11) is 1.60. The van der Waals surface area contributed by atoms with Gasteiger partial charge in [-0.15, -0.1) is 0 Å². The standard InChI is InChI=1S/C17H14Cl2N4O2/c1-25-12-4-2-11(3-5-12)23-7-6-15(22-23)17(24)21-10-8-13(18)16(20)14(19)9-10/h2-9H,20H2,1H3,(H,21,24). The molecule has 3 aromatic rings. The highest BCUT2D eigenvalue weighted by atomic mass is 35.5. The lowest BCUT2D eigenvalue weighted by molar-refractivity contribution is 0.102. The number of halogens is 2. The van der Waals surface area contributed by atoms with Crippen LogP contribution in [0.5, 0.6) is 5.75 Å². The summed E-state index contributed by atoms with van der Waals surface area (Å²) < 4.78 is 6.71. The molecule has 0 aliphatic heterocycles. The van der Waals surface area contributed by atoms with E-state index in [0.717, 1.165) is 11.4 Å². The van der Waals surface area contributed by atoms with Crippen molar-refractivity contribution < 1.29 is 9.53 Å². The number of methoxy groups -OCH3 is 1. The van der Waals surface area contributed by atoms with Crippen molar-refractivity contribution in [2.45, 2.75) is 0 Å². The van der Waals surface area contributed by atoms with E-state index in [-0.39, 0.29) is 27.3 Å². The van der Waals surface area contributed by atoms with Crippen molar-refractivity contribution in [3.8, 4) is 11.4 Å². The van der Waals surface area contributed by atoms with Gasteiger partial charge in [0, 0.05) is 11.9 Å². The van der Waals surface area contributed by atoms with Gasteiger partial charge >= 0.3 is 0 Å². The molecule has 0 saturated heterocycles. The van der Waals surface area contributed by atoms with Gasteiger partial charge in [-0.05, 0) is 42.5 Å². The van der Waals surface area contributed by atoms with Gasteiger partial charge in [0.15, 0.2) is 5.69 Å². The van der Waals surface area contributed by atoms with E-state index < -0.39 is 0 Å². The number of hydrogen-bond acceptors (Lipinski definition) is 4. The Morgan fingerprint density at radius 1 is 1.16 bits per heavy atom. The minimum atomic E-state index is -0.385. The molecule has 3 N–H and O–H groups in total. The van der Waals surface area contributed by atoms with Gasteiger partial charge < -0.3 is 15.8 Å². The molecule has 2 aromatic carbocycles. The molecule has 0 aliphatic rings. The highest BCUT2D eigenvalue weighted by molar-refractivity contribution is 6.39. The topological polar surface area (TPSA) is 82.2 Å². The van der Waals surface area contributed by atoms with Gasteiger partial charge in [-0.25, -0.2) is 4.68 Å². The van der Waals surface area contributed by atoms with Gasteiger partial charge in [0.25, 0.3) is 5.91 Å². The summed E-state index contributed by atoms with van der Waals surface area (Å²) in [5, 5.41) is 7.50. The molecule has 0 spiro atoms. The first-order valence-electron chi connectivity index (χ1n) is 7.24. The quantitative estimate of drug-likeness (QED) is 0.673. The number of amides is 1. The maximum atomic E-state index is 12.3. The molecule has 1 aromatic heterocycles. The van der Waals surface area contributed by atoms with Crippen LogP contribution >= 0.6 is 23.2 Å². The van der Waals surface area contributed by atoms with Crippen LogP contribution in [0, 0.1) is 0 Å². The minimum absolute atomic E-state index is 0.250. The molecule has 0 aliphatic carbocycles. The van der Waals surface area contributed by atoms with Crippen LogP contribution in [0.2, 0.25) is 10.0 Å². The SMILES string of the molecule is COc1ccc(-n2ccc(C(=O)Nc3cc(Cl)c(N)c(Cl)c3)n2)cc1.